The van der Waals surface area contributed by atoms with Gasteiger partial charge in [0.25, 0.3) is 0 Å². The SMILES string of the molecule is CCN(C(=O)C1CC1)c1cc(-c2ccc(N3CCN(CC4CC4)CC3)nc2)cc(C)c1C. The minimum atomic E-state index is 0.226. The molecule has 170 valence electrons. The lowest BCUT2D eigenvalue weighted by atomic mass is 9.98. The van der Waals surface area contributed by atoms with E-state index < -0.39 is 0 Å². The quantitative estimate of drug-likeness (QED) is 0.638. The van der Waals surface area contributed by atoms with Crippen LogP contribution < -0.4 is 9.80 Å². The first kappa shape index (κ1) is 21.4. The molecule has 0 atom stereocenters. The second kappa shape index (κ2) is 8.86. The second-order valence-electron chi connectivity index (χ2n) is 9.93. The van der Waals surface area contributed by atoms with Gasteiger partial charge in [0.1, 0.15) is 5.82 Å². The van der Waals surface area contributed by atoms with Gasteiger partial charge in [-0.05, 0) is 87.3 Å². The Balaban J connectivity index is 1.32. The predicted octanol–water partition coefficient (Wildman–Crippen LogP) is 4.66. The van der Waals surface area contributed by atoms with Crippen molar-refractivity contribution in [1.29, 1.82) is 0 Å². The molecule has 0 radical (unpaired) electrons. The predicted molar refractivity (Wildman–Crippen MR) is 131 cm³/mol. The van der Waals surface area contributed by atoms with Crippen molar-refractivity contribution in [3.8, 4) is 11.1 Å². The van der Waals surface area contributed by atoms with Gasteiger partial charge in [-0.2, -0.15) is 0 Å². The van der Waals surface area contributed by atoms with Crippen molar-refractivity contribution in [1.82, 2.24) is 9.88 Å². The molecular weight excluding hydrogens is 396 g/mol. The van der Waals surface area contributed by atoms with E-state index in [9.17, 15) is 4.79 Å². The van der Waals surface area contributed by atoms with Gasteiger partial charge in [0.15, 0.2) is 0 Å². The number of carbonyl (C=O) groups excluding carboxylic acids is 1. The number of nitrogens with zero attached hydrogens (tertiary/aromatic N) is 4. The van der Waals surface area contributed by atoms with Crippen molar-refractivity contribution in [2.75, 3.05) is 49.1 Å². The summed E-state index contributed by atoms with van der Waals surface area (Å²) in [7, 11) is 0. The van der Waals surface area contributed by atoms with Crippen molar-refractivity contribution in [2.45, 2.75) is 46.5 Å². The number of piperazine rings is 1. The smallest absolute Gasteiger partial charge is 0.230 e. The van der Waals surface area contributed by atoms with Crippen LogP contribution in [0.4, 0.5) is 11.5 Å². The summed E-state index contributed by atoms with van der Waals surface area (Å²) in [6.07, 6.45) is 6.92. The molecule has 3 fully saturated rings. The van der Waals surface area contributed by atoms with E-state index in [1.165, 1.54) is 30.5 Å². The van der Waals surface area contributed by atoms with Crippen LogP contribution in [0.3, 0.4) is 0 Å². The number of benzene rings is 1. The Morgan fingerprint density at radius 2 is 1.78 bits per heavy atom. The zero-order valence-electron chi connectivity index (χ0n) is 19.8. The van der Waals surface area contributed by atoms with E-state index in [2.05, 4.69) is 54.8 Å². The average molecular weight is 433 g/mol. The molecule has 32 heavy (non-hydrogen) atoms. The van der Waals surface area contributed by atoms with Crippen molar-refractivity contribution in [3.63, 3.8) is 0 Å². The van der Waals surface area contributed by atoms with Crippen molar-refractivity contribution in [2.24, 2.45) is 11.8 Å². The third kappa shape index (κ3) is 4.54. The highest BCUT2D eigenvalue weighted by molar-refractivity contribution is 5.98. The van der Waals surface area contributed by atoms with Crippen LogP contribution >= 0.6 is 0 Å². The van der Waals surface area contributed by atoms with E-state index >= 15 is 0 Å². The Bertz CT molecular complexity index is 970. The minimum absolute atomic E-state index is 0.226. The van der Waals surface area contributed by atoms with Crippen molar-refractivity contribution < 1.29 is 4.79 Å². The first-order valence-corrected chi connectivity index (χ1v) is 12.4. The Kier molecular flexibility index (Phi) is 5.93. The maximum atomic E-state index is 12.9. The Morgan fingerprint density at radius 3 is 2.38 bits per heavy atom. The highest BCUT2D eigenvalue weighted by Gasteiger charge is 2.34. The van der Waals surface area contributed by atoms with E-state index in [0.717, 1.165) is 67.6 Å². The molecule has 0 unspecified atom stereocenters. The Labute approximate surface area is 192 Å². The summed E-state index contributed by atoms with van der Waals surface area (Å²) in [4.78, 5) is 24.7. The van der Waals surface area contributed by atoms with Gasteiger partial charge in [-0.15, -0.1) is 0 Å². The van der Waals surface area contributed by atoms with Gasteiger partial charge in [0, 0.05) is 62.6 Å². The number of amides is 1. The summed E-state index contributed by atoms with van der Waals surface area (Å²) in [6.45, 7) is 12.7. The molecule has 0 spiro atoms. The second-order valence-corrected chi connectivity index (χ2v) is 9.93. The molecule has 1 amide bonds. The number of carbonyl (C=O) groups is 1. The molecule has 0 bridgehead atoms. The van der Waals surface area contributed by atoms with Gasteiger partial charge in [-0.1, -0.05) is 6.07 Å². The zero-order chi connectivity index (χ0) is 22.2. The van der Waals surface area contributed by atoms with Gasteiger partial charge in [-0.25, -0.2) is 4.98 Å². The molecule has 1 aliphatic heterocycles. The number of anilines is 2. The number of pyridine rings is 1. The highest BCUT2D eigenvalue weighted by atomic mass is 16.2. The molecule has 2 aromatic rings. The molecule has 3 aliphatic rings. The van der Waals surface area contributed by atoms with Gasteiger partial charge in [0.05, 0.1) is 0 Å². The van der Waals surface area contributed by atoms with E-state index in [-0.39, 0.29) is 11.8 Å². The fraction of sp³-hybridized carbons (Fsp3) is 0.556. The van der Waals surface area contributed by atoms with Crippen molar-refractivity contribution >= 4 is 17.4 Å². The Hall–Kier alpha value is -2.40. The molecule has 5 heteroatoms. The summed E-state index contributed by atoms with van der Waals surface area (Å²) in [6, 6.07) is 8.75. The van der Waals surface area contributed by atoms with Gasteiger partial charge in [0.2, 0.25) is 5.91 Å². The first-order chi connectivity index (χ1) is 15.5. The maximum Gasteiger partial charge on any atom is 0.230 e. The molecule has 2 aliphatic carbocycles. The number of hydrogen-bond acceptors (Lipinski definition) is 4. The maximum absolute atomic E-state index is 12.9. The number of rotatable bonds is 7. The van der Waals surface area contributed by atoms with Gasteiger partial charge < -0.3 is 9.80 Å². The molecular formula is C27H36N4O. The standard InChI is InChI=1S/C27H36N4O/c1-4-31(27(32)22-7-8-22)25-16-24(15-19(2)20(25)3)23-9-10-26(28-17-23)30-13-11-29(12-14-30)18-21-5-6-21/h9-10,15-17,21-22H,4-8,11-14,18H2,1-3H3. The monoisotopic (exact) mass is 432 g/mol. The molecule has 2 saturated carbocycles. The number of aromatic nitrogens is 1. The summed E-state index contributed by atoms with van der Waals surface area (Å²) in [5.41, 5.74) is 5.71. The minimum Gasteiger partial charge on any atom is -0.354 e. The van der Waals surface area contributed by atoms with Crippen LogP contribution in [0.2, 0.25) is 0 Å². The third-order valence-corrected chi connectivity index (χ3v) is 7.43. The highest BCUT2D eigenvalue weighted by Crippen LogP contribution is 2.36. The molecule has 5 rings (SSSR count). The zero-order valence-corrected chi connectivity index (χ0v) is 19.8. The van der Waals surface area contributed by atoms with Crippen LogP contribution in [-0.2, 0) is 4.79 Å². The van der Waals surface area contributed by atoms with Gasteiger partial charge >= 0.3 is 0 Å². The average Bonchev–Trinajstić information content (AvgIpc) is 3.72. The van der Waals surface area contributed by atoms with Crippen LogP contribution in [-0.4, -0.2) is 55.1 Å². The number of hydrogen-bond donors (Lipinski definition) is 0. The lowest BCUT2D eigenvalue weighted by Crippen LogP contribution is -2.47. The summed E-state index contributed by atoms with van der Waals surface area (Å²) in [5.74, 6) is 2.54. The summed E-state index contributed by atoms with van der Waals surface area (Å²) < 4.78 is 0. The fourth-order valence-electron chi connectivity index (χ4n) is 4.85. The van der Waals surface area contributed by atoms with E-state index in [4.69, 9.17) is 4.98 Å². The fourth-order valence-corrected chi connectivity index (χ4v) is 4.85. The molecule has 1 aromatic heterocycles. The summed E-state index contributed by atoms with van der Waals surface area (Å²) in [5, 5.41) is 0. The molecule has 1 aromatic carbocycles. The van der Waals surface area contributed by atoms with Crippen LogP contribution in [0.5, 0.6) is 0 Å². The summed E-state index contributed by atoms with van der Waals surface area (Å²) >= 11 is 0. The Morgan fingerprint density at radius 1 is 1.03 bits per heavy atom. The van der Waals surface area contributed by atoms with Gasteiger partial charge in [-0.3, -0.25) is 9.69 Å². The lowest BCUT2D eigenvalue weighted by molar-refractivity contribution is -0.119. The van der Waals surface area contributed by atoms with E-state index in [1.807, 2.05) is 11.1 Å². The molecule has 1 saturated heterocycles. The van der Waals surface area contributed by atoms with Crippen LogP contribution in [0.15, 0.2) is 30.5 Å². The first-order valence-electron chi connectivity index (χ1n) is 12.4. The normalized spacial score (nSPS) is 19.3. The third-order valence-electron chi connectivity index (χ3n) is 7.43. The van der Waals surface area contributed by atoms with E-state index in [0.29, 0.717) is 6.54 Å². The lowest BCUT2D eigenvalue weighted by Gasteiger charge is -2.35. The molecule has 0 N–H and O–H groups in total. The van der Waals surface area contributed by atoms with Crippen LogP contribution in [0.25, 0.3) is 11.1 Å². The van der Waals surface area contributed by atoms with Crippen LogP contribution in [0.1, 0.15) is 43.7 Å². The molecule has 5 nitrogen and oxygen atoms in total. The largest absolute Gasteiger partial charge is 0.354 e. The number of aryl methyl sites for hydroxylation is 1. The van der Waals surface area contributed by atoms with E-state index in [1.54, 1.807) is 0 Å². The molecule has 2 heterocycles. The topological polar surface area (TPSA) is 39.7 Å². The van der Waals surface area contributed by atoms with Crippen LogP contribution in [0, 0.1) is 25.7 Å². The van der Waals surface area contributed by atoms with Crippen molar-refractivity contribution in [3.05, 3.63) is 41.6 Å².